The lowest BCUT2D eigenvalue weighted by atomic mass is 9.92. The van der Waals surface area contributed by atoms with Crippen molar-refractivity contribution in [2.45, 2.75) is 57.5 Å². The molecule has 0 atom stereocenters. The molecule has 0 spiro atoms. The summed E-state index contributed by atoms with van der Waals surface area (Å²) in [5.74, 6) is 1.15. The van der Waals surface area contributed by atoms with Gasteiger partial charge < -0.3 is 15.8 Å². The second-order valence-electron chi connectivity index (χ2n) is 6.20. The molecule has 0 bridgehead atoms. The van der Waals surface area contributed by atoms with Gasteiger partial charge in [-0.2, -0.15) is 0 Å². The Kier molecular flexibility index (Phi) is 7.69. The van der Waals surface area contributed by atoms with Gasteiger partial charge in [0.05, 0.1) is 0 Å². The van der Waals surface area contributed by atoms with Crippen LogP contribution in [0.1, 0.15) is 51.0 Å². The summed E-state index contributed by atoms with van der Waals surface area (Å²) in [4.78, 5) is 11.9. The van der Waals surface area contributed by atoms with Crippen LogP contribution < -0.4 is 15.8 Å². The lowest BCUT2D eigenvalue weighted by molar-refractivity contribution is -0.124. The van der Waals surface area contributed by atoms with Gasteiger partial charge in [-0.15, -0.1) is 12.4 Å². The average Bonchev–Trinajstić information content (AvgIpc) is 2.48. The first-order chi connectivity index (χ1) is 10.0. The van der Waals surface area contributed by atoms with Crippen LogP contribution in [0.3, 0.4) is 0 Å². The first kappa shape index (κ1) is 18.8. The van der Waals surface area contributed by atoms with Crippen LogP contribution in [-0.2, 0) is 4.79 Å². The predicted molar refractivity (Wildman–Crippen MR) is 91.6 cm³/mol. The van der Waals surface area contributed by atoms with Crippen molar-refractivity contribution in [2.75, 3.05) is 6.61 Å². The van der Waals surface area contributed by atoms with Gasteiger partial charge in [0.15, 0.2) is 6.61 Å². The van der Waals surface area contributed by atoms with E-state index in [2.05, 4.69) is 25.2 Å². The number of benzene rings is 1. The fourth-order valence-corrected chi connectivity index (χ4v) is 2.65. The number of nitrogens with one attached hydrogen (secondary N) is 1. The Balaban J connectivity index is 0.00000242. The highest BCUT2D eigenvalue weighted by Gasteiger charge is 2.20. The number of nitrogens with two attached hydrogens (primary N) is 1. The SMILES string of the molecule is CC(C)c1cccc(OCC(=O)NC2CCC(N)CC2)c1.Cl. The maximum absolute atomic E-state index is 11.9. The van der Waals surface area contributed by atoms with Crippen LogP contribution in [0.25, 0.3) is 0 Å². The van der Waals surface area contributed by atoms with Gasteiger partial charge in [0.25, 0.3) is 5.91 Å². The van der Waals surface area contributed by atoms with E-state index in [9.17, 15) is 4.79 Å². The minimum absolute atomic E-state index is 0. The third kappa shape index (κ3) is 5.85. The van der Waals surface area contributed by atoms with Crippen molar-refractivity contribution in [3.8, 4) is 5.75 Å². The van der Waals surface area contributed by atoms with Gasteiger partial charge in [-0.05, 0) is 49.3 Å². The van der Waals surface area contributed by atoms with Crippen molar-refractivity contribution in [3.05, 3.63) is 29.8 Å². The maximum atomic E-state index is 11.9. The zero-order valence-corrected chi connectivity index (χ0v) is 14.2. The van der Waals surface area contributed by atoms with Crippen molar-refractivity contribution >= 4 is 18.3 Å². The number of ether oxygens (including phenoxy) is 1. The van der Waals surface area contributed by atoms with Gasteiger partial charge in [-0.1, -0.05) is 26.0 Å². The third-order valence-corrected chi connectivity index (χ3v) is 4.03. The molecule has 124 valence electrons. The molecule has 3 N–H and O–H groups in total. The zero-order chi connectivity index (χ0) is 15.2. The Morgan fingerprint density at radius 3 is 2.64 bits per heavy atom. The molecule has 1 saturated carbocycles. The van der Waals surface area contributed by atoms with Crippen LogP contribution >= 0.6 is 12.4 Å². The summed E-state index contributed by atoms with van der Waals surface area (Å²) in [6.45, 7) is 4.35. The van der Waals surface area contributed by atoms with Gasteiger partial charge >= 0.3 is 0 Å². The van der Waals surface area contributed by atoms with E-state index in [4.69, 9.17) is 10.5 Å². The molecule has 4 nitrogen and oxygen atoms in total. The molecule has 1 amide bonds. The number of rotatable bonds is 5. The van der Waals surface area contributed by atoms with E-state index >= 15 is 0 Å². The molecule has 1 fully saturated rings. The van der Waals surface area contributed by atoms with E-state index in [1.165, 1.54) is 5.56 Å². The van der Waals surface area contributed by atoms with Crippen LogP contribution in [0.4, 0.5) is 0 Å². The van der Waals surface area contributed by atoms with E-state index < -0.39 is 0 Å². The predicted octanol–water partition coefficient (Wildman–Crippen LogP) is 3.00. The normalized spacial score (nSPS) is 21.1. The summed E-state index contributed by atoms with van der Waals surface area (Å²) in [5.41, 5.74) is 7.08. The highest BCUT2D eigenvalue weighted by molar-refractivity contribution is 5.85. The minimum Gasteiger partial charge on any atom is -0.484 e. The van der Waals surface area contributed by atoms with Gasteiger partial charge in [0.1, 0.15) is 5.75 Å². The Hall–Kier alpha value is -1.26. The van der Waals surface area contributed by atoms with Crippen LogP contribution in [0.15, 0.2) is 24.3 Å². The Labute approximate surface area is 139 Å². The van der Waals surface area contributed by atoms with Crippen molar-refractivity contribution < 1.29 is 9.53 Å². The molecule has 1 aliphatic rings. The summed E-state index contributed by atoms with van der Waals surface area (Å²) in [6.07, 6.45) is 3.91. The molecule has 2 rings (SSSR count). The highest BCUT2D eigenvalue weighted by atomic mass is 35.5. The molecule has 0 unspecified atom stereocenters. The number of amides is 1. The van der Waals surface area contributed by atoms with E-state index in [0.717, 1.165) is 31.4 Å². The van der Waals surface area contributed by atoms with E-state index in [-0.39, 0.29) is 31.0 Å². The zero-order valence-electron chi connectivity index (χ0n) is 13.4. The summed E-state index contributed by atoms with van der Waals surface area (Å²) in [5, 5.41) is 3.03. The minimum atomic E-state index is -0.0505. The molecule has 0 heterocycles. The van der Waals surface area contributed by atoms with Crippen molar-refractivity contribution in [3.63, 3.8) is 0 Å². The van der Waals surface area contributed by atoms with Crippen LogP contribution in [-0.4, -0.2) is 24.6 Å². The first-order valence-electron chi connectivity index (χ1n) is 7.82. The molecular weight excluding hydrogens is 300 g/mol. The molecule has 0 aliphatic heterocycles. The first-order valence-corrected chi connectivity index (χ1v) is 7.82. The van der Waals surface area contributed by atoms with Gasteiger partial charge in [-0.3, -0.25) is 4.79 Å². The fourth-order valence-electron chi connectivity index (χ4n) is 2.65. The van der Waals surface area contributed by atoms with Crippen molar-refractivity contribution in [1.29, 1.82) is 0 Å². The lowest BCUT2D eigenvalue weighted by Gasteiger charge is -2.26. The van der Waals surface area contributed by atoms with Crippen molar-refractivity contribution in [1.82, 2.24) is 5.32 Å². The Morgan fingerprint density at radius 1 is 1.32 bits per heavy atom. The largest absolute Gasteiger partial charge is 0.484 e. The van der Waals surface area contributed by atoms with Crippen LogP contribution in [0, 0.1) is 0 Å². The number of carbonyl (C=O) groups excluding carboxylic acids is 1. The van der Waals surface area contributed by atoms with E-state index in [1.54, 1.807) is 0 Å². The molecule has 0 radical (unpaired) electrons. The molecule has 1 aromatic carbocycles. The Morgan fingerprint density at radius 2 is 2.00 bits per heavy atom. The average molecular weight is 327 g/mol. The summed E-state index contributed by atoms with van der Waals surface area (Å²) in [6, 6.07) is 8.47. The number of hydrogen-bond donors (Lipinski definition) is 2. The second kappa shape index (κ2) is 9.01. The lowest BCUT2D eigenvalue weighted by Crippen LogP contribution is -2.42. The van der Waals surface area contributed by atoms with E-state index in [0.29, 0.717) is 12.0 Å². The summed E-state index contributed by atoms with van der Waals surface area (Å²) >= 11 is 0. The van der Waals surface area contributed by atoms with Gasteiger partial charge in [0.2, 0.25) is 0 Å². The molecule has 22 heavy (non-hydrogen) atoms. The van der Waals surface area contributed by atoms with Crippen LogP contribution in [0.2, 0.25) is 0 Å². The molecular formula is C17H27ClN2O2. The fraction of sp³-hybridized carbons (Fsp3) is 0.588. The summed E-state index contributed by atoms with van der Waals surface area (Å²) < 4.78 is 5.58. The number of halogens is 1. The molecule has 1 aromatic rings. The third-order valence-electron chi connectivity index (χ3n) is 4.03. The molecule has 1 aliphatic carbocycles. The second-order valence-corrected chi connectivity index (χ2v) is 6.20. The molecule has 5 heteroatoms. The smallest absolute Gasteiger partial charge is 0.258 e. The Bertz CT molecular complexity index is 471. The van der Waals surface area contributed by atoms with Crippen molar-refractivity contribution in [2.24, 2.45) is 5.73 Å². The standard InChI is InChI=1S/C17H26N2O2.ClH/c1-12(2)13-4-3-5-16(10-13)21-11-17(20)19-15-8-6-14(18)7-9-15;/h3-5,10,12,14-15H,6-9,11,18H2,1-2H3,(H,19,20);1H. The van der Waals surface area contributed by atoms with Gasteiger partial charge in [0, 0.05) is 12.1 Å². The summed E-state index contributed by atoms with van der Waals surface area (Å²) in [7, 11) is 0. The van der Waals surface area contributed by atoms with E-state index in [1.807, 2.05) is 18.2 Å². The monoisotopic (exact) mass is 326 g/mol. The van der Waals surface area contributed by atoms with Crippen LogP contribution in [0.5, 0.6) is 5.75 Å². The number of carbonyl (C=O) groups is 1. The number of hydrogen-bond acceptors (Lipinski definition) is 3. The molecule has 0 aromatic heterocycles. The topological polar surface area (TPSA) is 64.3 Å². The highest BCUT2D eigenvalue weighted by Crippen LogP contribution is 2.20. The van der Waals surface area contributed by atoms with Gasteiger partial charge in [-0.25, -0.2) is 0 Å². The quantitative estimate of drug-likeness (QED) is 0.874. The molecule has 0 saturated heterocycles. The maximum Gasteiger partial charge on any atom is 0.258 e.